The van der Waals surface area contributed by atoms with Gasteiger partial charge in [-0.1, -0.05) is 6.07 Å². The van der Waals surface area contributed by atoms with E-state index in [0.29, 0.717) is 4.90 Å². The molecule has 0 atom stereocenters. The smallest absolute Gasteiger partial charge is 0.116 e. The molecule has 1 aromatic carbocycles. The largest absolute Gasteiger partial charge is 0.508 e. The Labute approximate surface area is 79.7 Å². The number of rotatable bonds is 1. The molecular weight excluding hydrogens is 226 g/mol. The first kappa shape index (κ1) is 9.33. The van der Waals surface area contributed by atoms with Crippen LogP contribution in [0, 0.1) is 0 Å². The number of phenolic OH excluding ortho intramolecular Hbond substituents is 1. The average Bonchev–Trinajstić information content (AvgIpc) is 1.86. The van der Waals surface area contributed by atoms with Crippen molar-refractivity contribution in [2.45, 2.75) is 4.90 Å². The maximum absolute atomic E-state index is 9.01. The lowest BCUT2D eigenvalue weighted by Crippen LogP contribution is -1.74. The van der Waals surface area contributed by atoms with Crippen molar-refractivity contribution in [1.29, 1.82) is 0 Å². The fourth-order valence-corrected chi connectivity index (χ4v) is 1.98. The number of hydrogen-bond acceptors (Lipinski definition) is 1. The fraction of sp³-hybridized carbons (Fsp3) is 0. The summed E-state index contributed by atoms with van der Waals surface area (Å²) in [6, 6.07) is 6.28. The van der Waals surface area contributed by atoms with Crippen LogP contribution in [-0.2, 0) is 0 Å². The van der Waals surface area contributed by atoms with E-state index in [2.05, 4.69) is 0 Å². The van der Waals surface area contributed by atoms with E-state index in [1.807, 2.05) is 0 Å². The van der Waals surface area contributed by atoms with Gasteiger partial charge in [-0.25, -0.2) is 0 Å². The first-order valence-corrected chi connectivity index (χ1v) is 6.82. The molecule has 0 aliphatic carbocycles. The van der Waals surface area contributed by atoms with E-state index >= 15 is 0 Å². The van der Waals surface area contributed by atoms with Gasteiger partial charge in [0.1, 0.15) is 5.75 Å². The van der Waals surface area contributed by atoms with Crippen molar-refractivity contribution in [1.82, 2.24) is 0 Å². The van der Waals surface area contributed by atoms with Crippen LogP contribution in [0.4, 0.5) is 0 Å². The second kappa shape index (κ2) is 3.31. The molecule has 0 heterocycles. The van der Waals surface area contributed by atoms with Crippen LogP contribution in [0.5, 0.6) is 5.75 Å². The summed E-state index contributed by atoms with van der Waals surface area (Å²) in [4.78, 5) is 0.544. The fourth-order valence-electron chi connectivity index (χ4n) is 0.627. The second-order valence-corrected chi connectivity index (χ2v) is 8.78. The van der Waals surface area contributed by atoms with Crippen LogP contribution >= 0.6 is 39.7 Å². The molecule has 1 aromatic rings. The van der Waals surface area contributed by atoms with Crippen molar-refractivity contribution in [3.8, 4) is 5.75 Å². The lowest BCUT2D eigenvalue weighted by Gasteiger charge is -2.14. The Morgan fingerprint density at radius 2 is 1.82 bits per heavy atom. The minimum atomic E-state index is -2.27. The van der Waals surface area contributed by atoms with E-state index in [4.69, 9.17) is 37.2 Å². The Hall–Kier alpha value is 0.240. The standard InChI is InChI=1S/C6H5Cl3OS/c7-11(8,9)6-3-1-2-5(10)4-6/h1-4,10H. The molecule has 5 heteroatoms. The molecule has 11 heavy (non-hydrogen) atoms. The number of benzene rings is 1. The quantitative estimate of drug-likeness (QED) is 0.774. The number of aromatic hydroxyl groups is 1. The van der Waals surface area contributed by atoms with Crippen LogP contribution in [0.1, 0.15) is 0 Å². The summed E-state index contributed by atoms with van der Waals surface area (Å²) in [5.41, 5.74) is 0. The Balaban J connectivity index is 3.06. The van der Waals surface area contributed by atoms with E-state index < -0.39 is 7.67 Å². The lowest BCUT2D eigenvalue weighted by molar-refractivity contribution is 0.474. The third kappa shape index (κ3) is 2.64. The first-order valence-electron chi connectivity index (χ1n) is 2.71. The highest BCUT2D eigenvalue weighted by molar-refractivity contribution is 8.79. The van der Waals surface area contributed by atoms with E-state index in [1.165, 1.54) is 12.1 Å². The van der Waals surface area contributed by atoms with Gasteiger partial charge in [0, 0.05) is 12.6 Å². The zero-order valence-corrected chi connectivity index (χ0v) is 8.38. The highest BCUT2D eigenvalue weighted by Gasteiger charge is 2.16. The van der Waals surface area contributed by atoms with Crippen molar-refractivity contribution < 1.29 is 5.11 Å². The highest BCUT2D eigenvalue weighted by Crippen LogP contribution is 2.69. The Bertz CT molecular complexity index is 258. The summed E-state index contributed by atoms with van der Waals surface area (Å²) in [7, 11) is 14.6. The van der Waals surface area contributed by atoms with Crippen molar-refractivity contribution in [2.75, 3.05) is 0 Å². The molecular formula is C6H5Cl3OS. The topological polar surface area (TPSA) is 20.2 Å². The van der Waals surface area contributed by atoms with Crippen molar-refractivity contribution >= 4 is 39.7 Å². The van der Waals surface area contributed by atoms with E-state index in [1.54, 1.807) is 12.1 Å². The minimum absolute atomic E-state index is 0.112. The molecule has 0 saturated heterocycles. The van der Waals surface area contributed by atoms with Gasteiger partial charge in [-0.05, 0) is 50.2 Å². The molecule has 0 saturated carbocycles. The molecule has 1 nitrogen and oxygen atoms in total. The SMILES string of the molecule is Oc1cccc(S(Cl)(Cl)Cl)c1. The summed E-state index contributed by atoms with van der Waals surface area (Å²) in [5, 5.41) is 9.01. The molecule has 0 spiro atoms. The maximum atomic E-state index is 9.01. The monoisotopic (exact) mass is 230 g/mol. The molecule has 0 aliphatic heterocycles. The van der Waals surface area contributed by atoms with Gasteiger partial charge in [-0.2, -0.15) is 0 Å². The zero-order chi connectivity index (χ0) is 8.48. The lowest BCUT2D eigenvalue weighted by atomic mass is 10.3. The molecule has 0 aromatic heterocycles. The first-order chi connectivity index (χ1) is 5.00. The van der Waals surface area contributed by atoms with E-state index in [9.17, 15) is 0 Å². The Kier molecular flexibility index (Phi) is 2.81. The van der Waals surface area contributed by atoms with Gasteiger partial charge in [0.25, 0.3) is 0 Å². The molecule has 0 amide bonds. The summed E-state index contributed by atoms with van der Waals surface area (Å²) in [5.74, 6) is 0.112. The Morgan fingerprint density at radius 3 is 2.18 bits per heavy atom. The number of hydrogen-bond donors (Lipinski definition) is 1. The van der Waals surface area contributed by atoms with E-state index in [0.717, 1.165) is 0 Å². The van der Waals surface area contributed by atoms with Crippen LogP contribution in [-0.4, -0.2) is 5.11 Å². The third-order valence-electron chi connectivity index (χ3n) is 1.08. The van der Waals surface area contributed by atoms with Gasteiger partial charge in [0.05, 0.1) is 0 Å². The predicted molar refractivity (Wildman–Crippen MR) is 51.5 cm³/mol. The number of halogens is 3. The summed E-state index contributed by atoms with van der Waals surface area (Å²) in [6.45, 7) is 0. The highest BCUT2D eigenvalue weighted by atomic mass is 36.2. The molecule has 0 fully saturated rings. The maximum Gasteiger partial charge on any atom is 0.116 e. The van der Waals surface area contributed by atoms with Gasteiger partial charge >= 0.3 is 0 Å². The molecule has 1 N–H and O–H groups in total. The van der Waals surface area contributed by atoms with Gasteiger partial charge in [0.2, 0.25) is 0 Å². The molecule has 0 aliphatic rings. The zero-order valence-electron chi connectivity index (χ0n) is 5.30. The molecule has 0 unspecified atom stereocenters. The van der Waals surface area contributed by atoms with Gasteiger partial charge in [0.15, 0.2) is 0 Å². The minimum Gasteiger partial charge on any atom is -0.508 e. The van der Waals surface area contributed by atoms with Crippen molar-refractivity contribution in [2.24, 2.45) is 0 Å². The number of phenols is 1. The summed E-state index contributed by atoms with van der Waals surface area (Å²) in [6.07, 6.45) is 0. The van der Waals surface area contributed by atoms with Crippen LogP contribution in [0.15, 0.2) is 29.2 Å². The van der Waals surface area contributed by atoms with Crippen LogP contribution in [0.2, 0.25) is 0 Å². The normalized spacial score (nSPS) is 13.0. The molecule has 0 radical (unpaired) electrons. The van der Waals surface area contributed by atoms with Crippen LogP contribution < -0.4 is 0 Å². The van der Waals surface area contributed by atoms with Gasteiger partial charge in [-0.15, -0.1) is 0 Å². The average molecular weight is 232 g/mol. The van der Waals surface area contributed by atoms with Crippen molar-refractivity contribution in [3.63, 3.8) is 0 Å². The van der Waals surface area contributed by atoms with Gasteiger partial charge in [-0.3, -0.25) is 0 Å². The van der Waals surface area contributed by atoms with Crippen LogP contribution in [0.3, 0.4) is 0 Å². The molecule has 1 rings (SSSR count). The summed E-state index contributed by atoms with van der Waals surface area (Å²) >= 11 is 0. The van der Waals surface area contributed by atoms with Gasteiger partial charge < -0.3 is 5.11 Å². The van der Waals surface area contributed by atoms with E-state index in [-0.39, 0.29) is 5.75 Å². The van der Waals surface area contributed by atoms with Crippen LogP contribution in [0.25, 0.3) is 0 Å². The Morgan fingerprint density at radius 1 is 1.18 bits per heavy atom. The third-order valence-corrected chi connectivity index (χ3v) is 3.48. The molecule has 0 bridgehead atoms. The van der Waals surface area contributed by atoms with Crippen molar-refractivity contribution in [3.05, 3.63) is 24.3 Å². The second-order valence-electron chi connectivity index (χ2n) is 1.90. The molecule has 62 valence electrons. The summed E-state index contributed by atoms with van der Waals surface area (Å²) < 4.78 is 0. The predicted octanol–water partition coefficient (Wildman–Crippen LogP) is 4.02.